The molecule has 0 radical (unpaired) electrons. The molecule has 1 fully saturated rings. The molecule has 1 aromatic carbocycles. The minimum Gasteiger partial charge on any atom is -0.377 e. The van der Waals surface area contributed by atoms with Crippen molar-refractivity contribution in [1.29, 1.82) is 0 Å². The van der Waals surface area contributed by atoms with E-state index in [1.807, 2.05) is 32.2 Å². The van der Waals surface area contributed by atoms with Gasteiger partial charge in [-0.05, 0) is 37.7 Å². The molecule has 1 unspecified atom stereocenters. The van der Waals surface area contributed by atoms with Crippen LogP contribution >= 0.6 is 11.6 Å². The summed E-state index contributed by atoms with van der Waals surface area (Å²) < 4.78 is 5.48. The summed E-state index contributed by atoms with van der Waals surface area (Å²) in [6.07, 6.45) is 0. The van der Waals surface area contributed by atoms with E-state index < -0.39 is 0 Å². The van der Waals surface area contributed by atoms with Gasteiger partial charge in [-0.25, -0.2) is 0 Å². The monoisotopic (exact) mass is 311 g/mol. The average molecular weight is 312 g/mol. The fourth-order valence-corrected chi connectivity index (χ4v) is 2.76. The Morgan fingerprint density at radius 2 is 2.33 bits per heavy atom. The smallest absolute Gasteiger partial charge is 0.245 e. The third-order valence-corrected chi connectivity index (χ3v) is 3.74. The number of carbonyl (C=O) groups excluding carboxylic acids is 1. The summed E-state index contributed by atoms with van der Waals surface area (Å²) in [7, 11) is 1.89. The van der Waals surface area contributed by atoms with Crippen molar-refractivity contribution in [2.24, 2.45) is 0 Å². The number of carbonyl (C=O) groups is 1. The average Bonchev–Trinajstić information content (AvgIpc) is 2.48. The van der Waals surface area contributed by atoms with Crippen molar-refractivity contribution in [3.63, 3.8) is 0 Å². The van der Waals surface area contributed by atoms with Crippen molar-refractivity contribution in [1.82, 2.24) is 10.6 Å². The van der Waals surface area contributed by atoms with E-state index in [0.717, 1.165) is 11.3 Å². The van der Waals surface area contributed by atoms with Gasteiger partial charge in [0.05, 0.1) is 13.2 Å². The first-order valence-corrected chi connectivity index (χ1v) is 7.60. The van der Waals surface area contributed by atoms with Crippen molar-refractivity contribution < 1.29 is 9.53 Å². The molecule has 1 atom stereocenters. The van der Waals surface area contributed by atoms with Crippen LogP contribution < -0.4 is 15.5 Å². The van der Waals surface area contributed by atoms with Gasteiger partial charge in [0.15, 0.2) is 0 Å². The number of hydrogen-bond acceptors (Lipinski definition) is 4. The number of rotatable bonds is 5. The van der Waals surface area contributed by atoms with Gasteiger partial charge in [-0.3, -0.25) is 4.79 Å². The van der Waals surface area contributed by atoms with E-state index in [1.165, 1.54) is 0 Å². The van der Waals surface area contributed by atoms with Gasteiger partial charge >= 0.3 is 0 Å². The second kappa shape index (κ2) is 7.64. The van der Waals surface area contributed by atoms with Crippen LogP contribution in [0.25, 0.3) is 0 Å². The summed E-state index contributed by atoms with van der Waals surface area (Å²) in [5.41, 5.74) is 2.12. The van der Waals surface area contributed by atoms with Crippen molar-refractivity contribution >= 4 is 23.2 Å². The maximum atomic E-state index is 12.2. The Morgan fingerprint density at radius 1 is 1.52 bits per heavy atom. The van der Waals surface area contributed by atoms with Crippen LogP contribution in [0.3, 0.4) is 0 Å². The molecule has 116 valence electrons. The number of benzene rings is 1. The van der Waals surface area contributed by atoms with Gasteiger partial charge in [0.1, 0.15) is 6.04 Å². The van der Waals surface area contributed by atoms with Crippen LogP contribution in [0.5, 0.6) is 0 Å². The lowest BCUT2D eigenvalue weighted by Crippen LogP contribution is -2.54. The molecular formula is C15H22ClN3O2. The van der Waals surface area contributed by atoms with Gasteiger partial charge in [0.2, 0.25) is 5.91 Å². The van der Waals surface area contributed by atoms with E-state index >= 15 is 0 Å². The van der Waals surface area contributed by atoms with Crippen LogP contribution in [0, 0.1) is 0 Å². The number of nitrogens with one attached hydrogen (secondary N) is 2. The van der Waals surface area contributed by atoms with Crippen molar-refractivity contribution in [2.75, 3.05) is 38.3 Å². The predicted molar refractivity (Wildman–Crippen MR) is 84.9 cm³/mol. The lowest BCUT2D eigenvalue weighted by atomic mass is 10.1. The topological polar surface area (TPSA) is 53.6 Å². The third-order valence-electron chi connectivity index (χ3n) is 3.50. The molecule has 1 amide bonds. The zero-order valence-electron chi connectivity index (χ0n) is 12.5. The van der Waals surface area contributed by atoms with Gasteiger partial charge < -0.3 is 20.3 Å². The van der Waals surface area contributed by atoms with Crippen molar-refractivity contribution in [3.05, 3.63) is 28.8 Å². The molecule has 5 nitrogen and oxygen atoms in total. The molecule has 1 aliphatic rings. The molecular weight excluding hydrogens is 290 g/mol. The number of hydrogen-bond donors (Lipinski definition) is 2. The first kappa shape index (κ1) is 16.1. The lowest BCUT2D eigenvalue weighted by molar-refractivity contribution is -0.124. The van der Waals surface area contributed by atoms with Crippen molar-refractivity contribution in [3.8, 4) is 0 Å². The first-order valence-electron chi connectivity index (χ1n) is 7.22. The van der Waals surface area contributed by atoms with Gasteiger partial charge in [-0.2, -0.15) is 0 Å². The first-order chi connectivity index (χ1) is 10.2. The maximum absolute atomic E-state index is 12.2. The van der Waals surface area contributed by atoms with E-state index in [9.17, 15) is 4.79 Å². The molecule has 0 aromatic heterocycles. The number of likely N-dealkylation sites (N-methyl/N-ethyl adjacent to an activating group) is 1. The van der Waals surface area contributed by atoms with Crippen LogP contribution in [0.2, 0.25) is 5.02 Å². The van der Waals surface area contributed by atoms with E-state index in [4.69, 9.17) is 16.3 Å². The Labute approximate surface area is 130 Å². The zero-order chi connectivity index (χ0) is 15.2. The summed E-state index contributed by atoms with van der Waals surface area (Å²) in [4.78, 5) is 14.4. The highest BCUT2D eigenvalue weighted by Crippen LogP contribution is 2.27. The van der Waals surface area contributed by atoms with Crippen LogP contribution in [0.4, 0.5) is 5.69 Å². The maximum Gasteiger partial charge on any atom is 0.245 e. The van der Waals surface area contributed by atoms with Crippen molar-refractivity contribution in [2.45, 2.75) is 19.5 Å². The molecule has 1 heterocycles. The molecule has 0 bridgehead atoms. The van der Waals surface area contributed by atoms with Gasteiger partial charge in [-0.15, -0.1) is 0 Å². The molecule has 21 heavy (non-hydrogen) atoms. The summed E-state index contributed by atoms with van der Waals surface area (Å²) in [6, 6.07) is 5.49. The molecule has 0 saturated carbocycles. The van der Waals surface area contributed by atoms with E-state index in [-0.39, 0.29) is 11.9 Å². The molecule has 0 aliphatic carbocycles. The second-order valence-electron chi connectivity index (χ2n) is 4.98. The summed E-state index contributed by atoms with van der Waals surface area (Å²) in [5.74, 6) is 0.00237. The van der Waals surface area contributed by atoms with E-state index in [0.29, 0.717) is 37.9 Å². The Bertz CT molecular complexity index is 496. The van der Waals surface area contributed by atoms with Crippen LogP contribution in [-0.2, 0) is 16.1 Å². The highest BCUT2D eigenvalue weighted by atomic mass is 35.5. The third kappa shape index (κ3) is 3.87. The Morgan fingerprint density at radius 3 is 3.05 bits per heavy atom. The van der Waals surface area contributed by atoms with Crippen LogP contribution in [0.15, 0.2) is 18.2 Å². The molecule has 1 aromatic rings. The summed E-state index contributed by atoms with van der Waals surface area (Å²) >= 11 is 6.09. The molecule has 2 rings (SSSR count). The summed E-state index contributed by atoms with van der Waals surface area (Å²) in [5, 5.41) is 6.72. The second-order valence-corrected chi connectivity index (χ2v) is 5.42. The predicted octanol–water partition coefficient (Wildman–Crippen LogP) is 1.40. The lowest BCUT2D eigenvalue weighted by Gasteiger charge is -2.37. The number of ether oxygens (including phenoxy) is 1. The number of amides is 1. The molecule has 1 saturated heterocycles. The molecule has 2 N–H and O–H groups in total. The Hall–Kier alpha value is -1.30. The van der Waals surface area contributed by atoms with Gasteiger partial charge in [-0.1, -0.05) is 11.6 Å². The summed E-state index contributed by atoms with van der Waals surface area (Å²) in [6.45, 7) is 4.97. The number of morpholine rings is 1. The van der Waals surface area contributed by atoms with Gasteiger partial charge in [0.25, 0.3) is 0 Å². The normalized spacial score (nSPS) is 18.6. The highest BCUT2D eigenvalue weighted by Gasteiger charge is 2.30. The fraction of sp³-hybridized carbons (Fsp3) is 0.533. The van der Waals surface area contributed by atoms with Gasteiger partial charge in [0, 0.05) is 30.3 Å². The minimum atomic E-state index is -0.296. The van der Waals surface area contributed by atoms with E-state index in [2.05, 4.69) is 15.5 Å². The van der Waals surface area contributed by atoms with Crippen LogP contribution in [-0.4, -0.2) is 45.3 Å². The molecule has 6 heteroatoms. The number of anilines is 1. The van der Waals surface area contributed by atoms with Crippen LogP contribution in [0.1, 0.15) is 12.5 Å². The van der Waals surface area contributed by atoms with E-state index in [1.54, 1.807) is 0 Å². The highest BCUT2D eigenvalue weighted by molar-refractivity contribution is 6.30. The Balaban J connectivity index is 2.30. The standard InChI is InChI=1S/C15H22ClN3O2/c1-3-18-15(20)14-10-21-7-6-19(14)13-5-4-12(16)8-11(13)9-17-2/h4-5,8,14,17H,3,6-7,9-10H2,1-2H3,(H,18,20). The molecule has 0 spiro atoms. The number of halogens is 1. The minimum absolute atomic E-state index is 0.00237. The molecule has 1 aliphatic heterocycles. The Kier molecular flexibility index (Phi) is 5.85. The quantitative estimate of drug-likeness (QED) is 0.863. The SMILES string of the molecule is CCNC(=O)C1COCCN1c1ccc(Cl)cc1CNC. The fourth-order valence-electron chi connectivity index (χ4n) is 2.57. The number of nitrogens with zero attached hydrogens (tertiary/aromatic N) is 1. The largest absolute Gasteiger partial charge is 0.377 e. The zero-order valence-corrected chi connectivity index (χ0v) is 13.2.